The second-order valence-electron chi connectivity index (χ2n) is 9.86. The molecule has 0 bridgehead atoms. The number of amides is 1. The number of fused-ring (bicyclic) bond motifs is 3. The van der Waals surface area contributed by atoms with E-state index in [4.69, 9.17) is 5.14 Å². The maximum atomic E-state index is 14.5. The number of nitrogens with two attached hydrogens (primary N) is 1. The minimum Gasteiger partial charge on any atom is -0.356 e. The summed E-state index contributed by atoms with van der Waals surface area (Å²) in [4.78, 5) is 12.9. The second-order valence-corrected chi connectivity index (χ2v) is 11.4. The number of hydrogen-bond donors (Lipinski definition) is 2. The maximum Gasteiger partial charge on any atom is 0.435 e. The van der Waals surface area contributed by atoms with Crippen molar-refractivity contribution < 1.29 is 43.9 Å². The van der Waals surface area contributed by atoms with E-state index in [1.54, 1.807) is 0 Å². The van der Waals surface area contributed by atoms with Gasteiger partial charge in [-0.15, -0.1) is 0 Å². The summed E-state index contributed by atoms with van der Waals surface area (Å²) in [6, 6.07) is 2.35. The van der Waals surface area contributed by atoms with E-state index in [1.165, 1.54) is 0 Å². The number of nitrogens with one attached hydrogen (secondary N) is 1. The minimum atomic E-state index is -6.17. The van der Waals surface area contributed by atoms with E-state index in [1.807, 2.05) is 0 Å². The molecule has 0 radical (unpaired) electrons. The Kier molecular flexibility index (Phi) is 6.87. The predicted molar refractivity (Wildman–Crippen MR) is 114 cm³/mol. The first kappa shape index (κ1) is 27.1. The highest BCUT2D eigenvalue weighted by molar-refractivity contribution is 7.86. The van der Waals surface area contributed by atoms with E-state index >= 15 is 0 Å². The minimum absolute atomic E-state index is 0.0850. The van der Waals surface area contributed by atoms with Gasteiger partial charge in [-0.3, -0.25) is 4.79 Å². The molecule has 2 aliphatic carbocycles. The lowest BCUT2D eigenvalue weighted by atomic mass is 9.73. The van der Waals surface area contributed by atoms with Crippen LogP contribution in [0.4, 0.5) is 30.7 Å². The van der Waals surface area contributed by atoms with E-state index in [0.29, 0.717) is 43.4 Å². The highest BCUT2D eigenvalue weighted by Gasteiger charge is 2.73. The molecule has 6 nitrogen and oxygen atoms in total. The Bertz CT molecular complexity index is 1110. The van der Waals surface area contributed by atoms with Crippen LogP contribution < -0.4 is 10.5 Å². The average Bonchev–Trinajstić information content (AvgIpc) is 3.42. The van der Waals surface area contributed by atoms with Crippen LogP contribution in [-0.4, -0.2) is 50.6 Å². The summed E-state index contributed by atoms with van der Waals surface area (Å²) in [5, 5.41) is 7.98. The van der Waals surface area contributed by atoms with E-state index in [9.17, 15) is 43.9 Å². The monoisotopic (exact) mass is 545 g/mol. The first-order valence-corrected chi connectivity index (χ1v) is 13.1. The molecule has 1 amide bonds. The van der Waals surface area contributed by atoms with Crippen molar-refractivity contribution in [3.63, 3.8) is 0 Å². The standard InChI is InChI=1S/C22H26F7N3O3S/c23-20(21(24,25)26,22(27,28)29)14-2-4-15-13(9-14)1-3-17-16(15)5-6-18(17)19(33)31-10-12-7-8-32(11-12)36(30,34)35/h2,4,9,12,16-18H,1,3,5-8,10-11H2,(H,31,33)(H2,30,34,35)/t12?,16-,17+,18+/m0/s1. The average molecular weight is 546 g/mol. The molecule has 3 aliphatic rings. The molecule has 3 N–H and O–H groups in total. The Balaban J connectivity index is 1.45. The number of benzene rings is 1. The van der Waals surface area contributed by atoms with Gasteiger partial charge in [-0.05, 0) is 61.0 Å². The number of halogens is 7. The summed E-state index contributed by atoms with van der Waals surface area (Å²) in [6.07, 6.45) is -10.3. The van der Waals surface area contributed by atoms with Gasteiger partial charge in [-0.25, -0.2) is 9.53 Å². The van der Waals surface area contributed by atoms with Crippen molar-refractivity contribution >= 4 is 16.1 Å². The largest absolute Gasteiger partial charge is 0.435 e. The lowest BCUT2D eigenvalue weighted by molar-refractivity contribution is -0.348. The van der Waals surface area contributed by atoms with Crippen molar-refractivity contribution in [2.75, 3.05) is 19.6 Å². The first-order chi connectivity index (χ1) is 16.5. The summed E-state index contributed by atoms with van der Waals surface area (Å²) in [5.74, 6) is -1.06. The third-order valence-electron chi connectivity index (χ3n) is 7.80. The molecule has 1 aliphatic heterocycles. The van der Waals surface area contributed by atoms with Crippen LogP contribution in [0.15, 0.2) is 18.2 Å². The summed E-state index contributed by atoms with van der Waals surface area (Å²) in [7, 11) is -3.79. The fraction of sp³-hybridized carbons (Fsp3) is 0.682. The van der Waals surface area contributed by atoms with Crippen molar-refractivity contribution in [1.29, 1.82) is 0 Å². The molecular weight excluding hydrogens is 519 g/mol. The van der Waals surface area contributed by atoms with Gasteiger partial charge in [0.15, 0.2) is 0 Å². The SMILES string of the molecule is NS(=O)(=O)N1CCC(CNC(=O)[C@@H]2CC[C@H]3c4ccc(C(F)(C(F)(F)F)C(F)(F)F)cc4CC[C@@H]23)C1. The molecule has 1 heterocycles. The van der Waals surface area contributed by atoms with E-state index in [-0.39, 0.29) is 61.2 Å². The summed E-state index contributed by atoms with van der Waals surface area (Å²) in [6.45, 7) is 0.749. The molecule has 14 heteroatoms. The Hall–Kier alpha value is -1.93. The smallest absolute Gasteiger partial charge is 0.356 e. The Morgan fingerprint density at radius 2 is 1.69 bits per heavy atom. The molecule has 1 aromatic carbocycles. The van der Waals surface area contributed by atoms with Crippen molar-refractivity contribution in [1.82, 2.24) is 9.62 Å². The number of carbonyl (C=O) groups is 1. The molecule has 36 heavy (non-hydrogen) atoms. The number of rotatable bonds is 5. The Labute approximate surface area is 203 Å². The number of nitrogens with zero attached hydrogens (tertiary/aromatic N) is 1. The summed E-state index contributed by atoms with van der Waals surface area (Å²) >= 11 is 0. The Morgan fingerprint density at radius 3 is 2.28 bits per heavy atom. The highest BCUT2D eigenvalue weighted by Crippen LogP contribution is 2.55. The molecule has 202 valence electrons. The van der Waals surface area contributed by atoms with Gasteiger partial charge in [0.25, 0.3) is 10.2 Å². The zero-order valence-electron chi connectivity index (χ0n) is 19.0. The molecule has 4 rings (SSSR count). The molecule has 1 saturated carbocycles. The van der Waals surface area contributed by atoms with Gasteiger partial charge in [-0.1, -0.05) is 18.2 Å². The highest BCUT2D eigenvalue weighted by atomic mass is 32.2. The van der Waals surface area contributed by atoms with Crippen LogP contribution in [0.1, 0.15) is 48.3 Å². The van der Waals surface area contributed by atoms with Crippen LogP contribution in [0.3, 0.4) is 0 Å². The molecule has 1 unspecified atom stereocenters. The van der Waals surface area contributed by atoms with Crippen LogP contribution >= 0.6 is 0 Å². The number of aryl methyl sites for hydroxylation is 1. The number of hydrogen-bond acceptors (Lipinski definition) is 3. The van der Waals surface area contributed by atoms with Crippen LogP contribution in [-0.2, 0) is 27.1 Å². The molecule has 4 atom stereocenters. The normalized spacial score (nSPS) is 27.6. The van der Waals surface area contributed by atoms with Gasteiger partial charge in [-0.2, -0.15) is 39.1 Å². The zero-order chi connectivity index (χ0) is 26.7. The van der Waals surface area contributed by atoms with Crippen molar-refractivity contribution in [3.8, 4) is 0 Å². The second kappa shape index (κ2) is 9.12. The lowest BCUT2D eigenvalue weighted by Gasteiger charge is -2.34. The van der Waals surface area contributed by atoms with Gasteiger partial charge in [0, 0.05) is 31.1 Å². The lowest BCUT2D eigenvalue weighted by Crippen LogP contribution is -2.50. The molecular formula is C22H26F7N3O3S. The van der Waals surface area contributed by atoms with Crippen molar-refractivity contribution in [2.45, 2.75) is 56.0 Å². The van der Waals surface area contributed by atoms with Gasteiger partial charge in [0.05, 0.1) is 0 Å². The topological polar surface area (TPSA) is 92.5 Å². The van der Waals surface area contributed by atoms with Gasteiger partial charge in [0.2, 0.25) is 5.91 Å². The number of carbonyl (C=O) groups excluding carboxylic acids is 1. The molecule has 2 fully saturated rings. The van der Waals surface area contributed by atoms with E-state index in [2.05, 4.69) is 5.32 Å². The maximum absolute atomic E-state index is 14.5. The van der Waals surface area contributed by atoms with E-state index in [0.717, 1.165) is 10.4 Å². The van der Waals surface area contributed by atoms with E-state index < -0.39 is 33.8 Å². The molecule has 1 saturated heterocycles. The number of alkyl halides is 7. The third-order valence-corrected chi connectivity index (χ3v) is 8.85. The molecule has 0 aromatic heterocycles. The van der Waals surface area contributed by atoms with Crippen molar-refractivity contribution in [2.24, 2.45) is 22.9 Å². The third kappa shape index (κ3) is 4.71. The summed E-state index contributed by atoms with van der Waals surface area (Å²) in [5.41, 5.74) is -6.17. The molecule has 1 aromatic rings. The van der Waals surface area contributed by atoms with Crippen LogP contribution in [0.25, 0.3) is 0 Å². The predicted octanol–water partition coefficient (Wildman–Crippen LogP) is 3.67. The quantitative estimate of drug-likeness (QED) is 0.554. The fourth-order valence-electron chi connectivity index (χ4n) is 5.96. The van der Waals surface area contributed by atoms with Crippen LogP contribution in [0.2, 0.25) is 0 Å². The van der Waals surface area contributed by atoms with Crippen molar-refractivity contribution in [3.05, 3.63) is 34.9 Å². The Morgan fingerprint density at radius 1 is 1.03 bits per heavy atom. The zero-order valence-corrected chi connectivity index (χ0v) is 19.8. The van der Waals surface area contributed by atoms with Crippen LogP contribution in [0, 0.1) is 17.8 Å². The van der Waals surface area contributed by atoms with Gasteiger partial charge >= 0.3 is 18.0 Å². The fourth-order valence-corrected chi connectivity index (χ4v) is 6.74. The summed E-state index contributed by atoms with van der Waals surface area (Å²) < 4.78 is 117. The van der Waals surface area contributed by atoms with Gasteiger partial charge < -0.3 is 5.32 Å². The molecule has 0 spiro atoms. The van der Waals surface area contributed by atoms with Crippen LogP contribution in [0.5, 0.6) is 0 Å². The van der Waals surface area contributed by atoms with Gasteiger partial charge in [0.1, 0.15) is 0 Å². The first-order valence-electron chi connectivity index (χ1n) is 11.5.